The summed E-state index contributed by atoms with van der Waals surface area (Å²) in [6, 6.07) is 4.49. The number of carbonyl (C=O) groups excluding carboxylic acids is 1. The number of hydrogen-bond acceptors (Lipinski definition) is 4. The second-order valence-electron chi connectivity index (χ2n) is 5.21. The van der Waals surface area contributed by atoms with Gasteiger partial charge in [-0.3, -0.25) is 4.98 Å². The summed E-state index contributed by atoms with van der Waals surface area (Å²) < 4.78 is 21.2. The van der Waals surface area contributed by atoms with Gasteiger partial charge in [0.05, 0.1) is 12.2 Å². The predicted molar refractivity (Wildman–Crippen MR) is 83.6 cm³/mol. The zero-order valence-electron chi connectivity index (χ0n) is 12.7. The molecule has 118 valence electrons. The zero-order chi connectivity index (χ0) is 16.2. The van der Waals surface area contributed by atoms with Crippen LogP contribution in [0.1, 0.15) is 22.6 Å². The fourth-order valence-corrected chi connectivity index (χ4v) is 2.38. The van der Waals surface area contributed by atoms with Crippen LogP contribution < -0.4 is 0 Å². The summed E-state index contributed by atoms with van der Waals surface area (Å²) in [5.41, 5.74) is -0.0655. The molecular weight excluding hydrogens is 297 g/mol. The molecule has 0 aliphatic rings. The van der Waals surface area contributed by atoms with Crippen molar-refractivity contribution in [2.75, 3.05) is 6.61 Å². The summed E-state index contributed by atoms with van der Waals surface area (Å²) in [4.78, 5) is 20.1. The van der Waals surface area contributed by atoms with E-state index in [1.165, 1.54) is 12.1 Å². The molecule has 0 aliphatic carbocycles. The number of halogens is 1. The Hall–Kier alpha value is -2.76. The molecule has 0 N–H and O–H groups in total. The Morgan fingerprint density at radius 3 is 2.96 bits per heavy atom. The van der Waals surface area contributed by atoms with E-state index in [4.69, 9.17) is 4.74 Å². The highest BCUT2D eigenvalue weighted by molar-refractivity contribution is 5.95. The van der Waals surface area contributed by atoms with Crippen molar-refractivity contribution in [3.05, 3.63) is 60.2 Å². The minimum Gasteiger partial charge on any atom is -0.462 e. The highest BCUT2D eigenvalue weighted by Gasteiger charge is 2.14. The number of esters is 1. The van der Waals surface area contributed by atoms with Crippen LogP contribution in [0.5, 0.6) is 0 Å². The van der Waals surface area contributed by atoms with Gasteiger partial charge in [0.25, 0.3) is 0 Å². The Morgan fingerprint density at radius 2 is 2.17 bits per heavy atom. The third-order valence-electron chi connectivity index (χ3n) is 3.65. The van der Waals surface area contributed by atoms with Crippen LogP contribution in [0.25, 0.3) is 10.8 Å². The van der Waals surface area contributed by atoms with Gasteiger partial charge in [0, 0.05) is 36.7 Å². The summed E-state index contributed by atoms with van der Waals surface area (Å²) in [5.74, 6) is -0.334. The molecular formula is C17H16FN3O2. The van der Waals surface area contributed by atoms with Crippen molar-refractivity contribution in [2.24, 2.45) is 0 Å². The van der Waals surface area contributed by atoms with Crippen LogP contribution in [0.15, 0.2) is 43.0 Å². The Bertz CT molecular complexity index is 845. The van der Waals surface area contributed by atoms with Gasteiger partial charge >= 0.3 is 5.97 Å². The zero-order valence-corrected chi connectivity index (χ0v) is 12.7. The second kappa shape index (κ2) is 6.56. The Kier molecular flexibility index (Phi) is 4.32. The lowest BCUT2D eigenvalue weighted by Gasteiger charge is -2.08. The average molecular weight is 313 g/mol. The first-order chi connectivity index (χ1) is 11.1. The summed E-state index contributed by atoms with van der Waals surface area (Å²) in [6.07, 6.45) is 7.40. The Labute approximate surface area is 132 Å². The van der Waals surface area contributed by atoms with Crippen molar-refractivity contribution >= 4 is 16.7 Å². The summed E-state index contributed by atoms with van der Waals surface area (Å²) in [6.45, 7) is 2.83. The van der Waals surface area contributed by atoms with E-state index >= 15 is 0 Å². The number of aryl methyl sites for hydroxylation is 2. The molecule has 0 fully saturated rings. The van der Waals surface area contributed by atoms with Crippen molar-refractivity contribution in [3.8, 4) is 0 Å². The van der Waals surface area contributed by atoms with E-state index in [9.17, 15) is 9.18 Å². The fourth-order valence-electron chi connectivity index (χ4n) is 2.38. The molecule has 0 bridgehead atoms. The lowest BCUT2D eigenvalue weighted by atomic mass is 10.1. The van der Waals surface area contributed by atoms with Crippen LogP contribution in [0, 0.1) is 12.7 Å². The van der Waals surface area contributed by atoms with Crippen LogP contribution in [0.2, 0.25) is 0 Å². The van der Waals surface area contributed by atoms with Gasteiger partial charge in [-0.05, 0) is 36.9 Å². The average Bonchev–Trinajstić information content (AvgIpc) is 2.96. The molecule has 2 aromatic heterocycles. The molecule has 0 aliphatic heterocycles. The number of carbonyl (C=O) groups is 1. The second-order valence-corrected chi connectivity index (χ2v) is 5.21. The van der Waals surface area contributed by atoms with E-state index in [0.717, 1.165) is 5.82 Å². The van der Waals surface area contributed by atoms with Crippen LogP contribution in [-0.4, -0.2) is 27.1 Å². The van der Waals surface area contributed by atoms with E-state index in [2.05, 4.69) is 9.97 Å². The molecule has 3 rings (SSSR count). The highest BCUT2D eigenvalue weighted by atomic mass is 19.1. The van der Waals surface area contributed by atoms with Crippen LogP contribution in [0.4, 0.5) is 4.39 Å². The third kappa shape index (κ3) is 3.36. The van der Waals surface area contributed by atoms with Gasteiger partial charge in [-0.1, -0.05) is 0 Å². The molecule has 3 aromatic rings. The third-order valence-corrected chi connectivity index (χ3v) is 3.65. The van der Waals surface area contributed by atoms with E-state index in [-0.39, 0.29) is 12.2 Å². The number of rotatable bonds is 5. The molecule has 0 amide bonds. The van der Waals surface area contributed by atoms with Gasteiger partial charge in [-0.15, -0.1) is 0 Å². The number of ether oxygens (including phenoxy) is 1. The fraction of sp³-hybridized carbons (Fsp3) is 0.235. The molecule has 0 saturated carbocycles. The van der Waals surface area contributed by atoms with Crippen LogP contribution in [0.3, 0.4) is 0 Å². The number of hydrogen-bond donors (Lipinski definition) is 0. The summed E-state index contributed by atoms with van der Waals surface area (Å²) in [5, 5.41) is 1.40. The highest BCUT2D eigenvalue weighted by Crippen LogP contribution is 2.19. The van der Waals surface area contributed by atoms with Crippen LogP contribution >= 0.6 is 0 Å². The van der Waals surface area contributed by atoms with Crippen molar-refractivity contribution in [1.82, 2.24) is 14.5 Å². The van der Waals surface area contributed by atoms with Crippen LogP contribution in [-0.2, 0) is 11.3 Å². The normalized spacial score (nSPS) is 10.9. The number of fused-ring (bicyclic) bond motifs is 1. The molecule has 0 saturated heterocycles. The first-order valence-corrected chi connectivity index (χ1v) is 7.33. The SMILES string of the molecule is Cc1nccn1CCCOC(=O)c1cc2cnccc2cc1F. The van der Waals surface area contributed by atoms with Gasteiger partial charge < -0.3 is 9.30 Å². The van der Waals surface area contributed by atoms with E-state index in [1.807, 2.05) is 17.7 Å². The van der Waals surface area contributed by atoms with Crippen molar-refractivity contribution < 1.29 is 13.9 Å². The van der Waals surface area contributed by atoms with Gasteiger partial charge in [-0.2, -0.15) is 0 Å². The topological polar surface area (TPSA) is 57.0 Å². The number of benzene rings is 1. The standard InChI is InChI=1S/C17H16FN3O2/c1-12-20-5-7-21(12)6-2-8-23-17(22)15-9-14-11-19-4-3-13(14)10-16(15)18/h3-5,7,9-11H,2,6,8H2,1H3. The molecule has 23 heavy (non-hydrogen) atoms. The largest absolute Gasteiger partial charge is 0.462 e. The monoisotopic (exact) mass is 313 g/mol. The molecule has 6 heteroatoms. The first-order valence-electron chi connectivity index (χ1n) is 7.33. The maximum Gasteiger partial charge on any atom is 0.341 e. The van der Waals surface area contributed by atoms with Gasteiger partial charge in [0.15, 0.2) is 0 Å². The predicted octanol–water partition coefficient (Wildman–Crippen LogP) is 3.13. The molecule has 0 spiro atoms. The maximum atomic E-state index is 14.0. The number of pyridine rings is 1. The molecule has 0 unspecified atom stereocenters. The molecule has 2 heterocycles. The van der Waals surface area contributed by atoms with Gasteiger partial charge in [-0.25, -0.2) is 14.2 Å². The smallest absolute Gasteiger partial charge is 0.341 e. The van der Waals surface area contributed by atoms with Gasteiger partial charge in [0.2, 0.25) is 0 Å². The Balaban J connectivity index is 1.62. The first kappa shape index (κ1) is 15.1. The molecule has 0 radical (unpaired) electrons. The summed E-state index contributed by atoms with van der Waals surface area (Å²) in [7, 11) is 0. The molecule has 1 aromatic carbocycles. The van der Waals surface area contributed by atoms with Crippen molar-refractivity contribution in [2.45, 2.75) is 19.9 Å². The molecule has 0 atom stereocenters. The van der Waals surface area contributed by atoms with E-state index < -0.39 is 11.8 Å². The molecule has 5 nitrogen and oxygen atoms in total. The number of imidazole rings is 1. The lowest BCUT2D eigenvalue weighted by molar-refractivity contribution is 0.0491. The Morgan fingerprint density at radius 1 is 1.30 bits per heavy atom. The minimum absolute atomic E-state index is 0.0655. The van der Waals surface area contributed by atoms with Gasteiger partial charge in [0.1, 0.15) is 11.6 Å². The van der Waals surface area contributed by atoms with Crippen molar-refractivity contribution in [1.29, 1.82) is 0 Å². The maximum absolute atomic E-state index is 14.0. The minimum atomic E-state index is -0.657. The van der Waals surface area contributed by atoms with E-state index in [1.54, 1.807) is 24.7 Å². The number of aromatic nitrogens is 3. The lowest BCUT2D eigenvalue weighted by Crippen LogP contribution is -2.10. The summed E-state index contributed by atoms with van der Waals surface area (Å²) >= 11 is 0. The number of nitrogens with zero attached hydrogens (tertiary/aromatic N) is 3. The van der Waals surface area contributed by atoms with E-state index in [0.29, 0.717) is 23.7 Å². The van der Waals surface area contributed by atoms with Crippen molar-refractivity contribution in [3.63, 3.8) is 0 Å². The quantitative estimate of drug-likeness (QED) is 0.536.